The van der Waals surface area contributed by atoms with Crippen LogP contribution in [0.3, 0.4) is 0 Å². The molecular formula is C18H24O4. The van der Waals surface area contributed by atoms with Gasteiger partial charge in [0, 0.05) is 36.8 Å². The SMILES string of the molecule is CC(CCO)Oc1cccc2c(OC(C)CCO)cccc12. The summed E-state index contributed by atoms with van der Waals surface area (Å²) in [7, 11) is 0. The van der Waals surface area contributed by atoms with Crippen molar-refractivity contribution in [1.29, 1.82) is 0 Å². The second kappa shape index (κ2) is 8.01. The molecule has 22 heavy (non-hydrogen) atoms. The maximum Gasteiger partial charge on any atom is 0.127 e. The Bertz CT molecular complexity index is 543. The Kier molecular flexibility index (Phi) is 6.04. The summed E-state index contributed by atoms with van der Waals surface area (Å²) in [4.78, 5) is 0. The number of aliphatic hydroxyl groups is 2. The average molecular weight is 304 g/mol. The lowest BCUT2D eigenvalue weighted by Crippen LogP contribution is -2.14. The fourth-order valence-electron chi connectivity index (χ4n) is 2.37. The lowest BCUT2D eigenvalue weighted by molar-refractivity contribution is 0.168. The molecule has 2 atom stereocenters. The molecule has 0 aliphatic carbocycles. The van der Waals surface area contributed by atoms with E-state index < -0.39 is 0 Å². The van der Waals surface area contributed by atoms with Crippen LogP contribution in [0, 0.1) is 0 Å². The summed E-state index contributed by atoms with van der Waals surface area (Å²) < 4.78 is 11.8. The minimum atomic E-state index is -0.0477. The smallest absolute Gasteiger partial charge is 0.127 e. The van der Waals surface area contributed by atoms with Crippen molar-refractivity contribution in [3.05, 3.63) is 36.4 Å². The van der Waals surface area contributed by atoms with Crippen molar-refractivity contribution in [1.82, 2.24) is 0 Å². The van der Waals surface area contributed by atoms with E-state index in [-0.39, 0.29) is 25.4 Å². The number of hydrogen-bond donors (Lipinski definition) is 2. The first-order valence-electron chi connectivity index (χ1n) is 7.72. The molecule has 2 N–H and O–H groups in total. The van der Waals surface area contributed by atoms with Gasteiger partial charge in [-0.05, 0) is 26.0 Å². The highest BCUT2D eigenvalue weighted by Gasteiger charge is 2.11. The van der Waals surface area contributed by atoms with Crippen LogP contribution in [-0.2, 0) is 0 Å². The summed E-state index contributed by atoms with van der Waals surface area (Å²) in [6.45, 7) is 4.11. The summed E-state index contributed by atoms with van der Waals surface area (Å²) >= 11 is 0. The largest absolute Gasteiger partial charge is 0.490 e. The zero-order valence-electron chi connectivity index (χ0n) is 13.2. The van der Waals surface area contributed by atoms with Crippen LogP contribution in [0.25, 0.3) is 10.8 Å². The standard InChI is InChI=1S/C18H24O4/c1-13(9-11-19)21-17-7-3-6-16-15(17)5-4-8-18(16)22-14(2)10-12-20/h3-8,13-14,19-20H,9-12H2,1-2H3. The maximum atomic E-state index is 9.00. The average Bonchev–Trinajstić information content (AvgIpc) is 2.48. The van der Waals surface area contributed by atoms with Crippen molar-refractivity contribution < 1.29 is 19.7 Å². The molecule has 120 valence electrons. The van der Waals surface area contributed by atoms with Crippen molar-refractivity contribution in [2.45, 2.75) is 38.9 Å². The Labute approximate surface area is 131 Å². The molecular weight excluding hydrogens is 280 g/mol. The first kappa shape index (κ1) is 16.6. The molecule has 0 fully saturated rings. The molecule has 0 radical (unpaired) electrons. The number of aliphatic hydroxyl groups excluding tert-OH is 2. The van der Waals surface area contributed by atoms with Gasteiger partial charge in [0.15, 0.2) is 0 Å². The number of rotatable bonds is 8. The molecule has 0 amide bonds. The molecule has 2 aromatic carbocycles. The van der Waals surface area contributed by atoms with Crippen LogP contribution >= 0.6 is 0 Å². The van der Waals surface area contributed by atoms with E-state index >= 15 is 0 Å². The highest BCUT2D eigenvalue weighted by molar-refractivity contribution is 5.93. The summed E-state index contributed by atoms with van der Waals surface area (Å²) in [5, 5.41) is 20.0. The highest BCUT2D eigenvalue weighted by atomic mass is 16.5. The molecule has 2 unspecified atom stereocenters. The second-order valence-electron chi connectivity index (χ2n) is 5.49. The lowest BCUT2D eigenvalue weighted by Gasteiger charge is -2.18. The fourth-order valence-corrected chi connectivity index (χ4v) is 2.37. The summed E-state index contributed by atoms with van der Waals surface area (Å²) in [6, 6.07) is 11.7. The number of ether oxygens (including phenoxy) is 2. The van der Waals surface area contributed by atoms with Crippen molar-refractivity contribution in [3.63, 3.8) is 0 Å². The molecule has 0 heterocycles. The Morgan fingerprint density at radius 2 is 1.18 bits per heavy atom. The minimum absolute atomic E-state index is 0.0477. The van der Waals surface area contributed by atoms with Crippen LogP contribution in [0.2, 0.25) is 0 Å². The number of fused-ring (bicyclic) bond motifs is 1. The zero-order chi connectivity index (χ0) is 15.9. The van der Waals surface area contributed by atoms with E-state index in [9.17, 15) is 0 Å². The zero-order valence-corrected chi connectivity index (χ0v) is 13.2. The maximum absolute atomic E-state index is 9.00. The van der Waals surface area contributed by atoms with Gasteiger partial charge < -0.3 is 19.7 Å². The van der Waals surface area contributed by atoms with E-state index in [1.807, 2.05) is 50.2 Å². The molecule has 0 aliphatic heterocycles. The third-order valence-corrected chi connectivity index (χ3v) is 3.57. The van der Waals surface area contributed by atoms with Gasteiger partial charge >= 0.3 is 0 Å². The van der Waals surface area contributed by atoms with Gasteiger partial charge in [-0.3, -0.25) is 0 Å². The summed E-state index contributed by atoms with van der Waals surface area (Å²) in [5.41, 5.74) is 0. The molecule has 0 saturated heterocycles. The quantitative estimate of drug-likeness (QED) is 0.786. The topological polar surface area (TPSA) is 58.9 Å². The van der Waals surface area contributed by atoms with E-state index in [2.05, 4.69) is 0 Å². The number of hydrogen-bond acceptors (Lipinski definition) is 4. The van der Waals surface area contributed by atoms with Crippen molar-refractivity contribution in [3.8, 4) is 11.5 Å². The van der Waals surface area contributed by atoms with E-state index in [4.69, 9.17) is 19.7 Å². The van der Waals surface area contributed by atoms with Crippen LogP contribution in [-0.4, -0.2) is 35.6 Å². The van der Waals surface area contributed by atoms with Gasteiger partial charge in [0.25, 0.3) is 0 Å². The highest BCUT2D eigenvalue weighted by Crippen LogP contribution is 2.33. The minimum Gasteiger partial charge on any atom is -0.490 e. The molecule has 2 rings (SSSR count). The molecule has 0 spiro atoms. The Balaban J connectivity index is 2.29. The predicted octanol–water partition coefficient (Wildman–Crippen LogP) is 3.14. The lowest BCUT2D eigenvalue weighted by atomic mass is 10.1. The van der Waals surface area contributed by atoms with Gasteiger partial charge in [0.1, 0.15) is 11.5 Å². The van der Waals surface area contributed by atoms with E-state index in [0.717, 1.165) is 22.3 Å². The van der Waals surface area contributed by atoms with Crippen LogP contribution in [0.1, 0.15) is 26.7 Å². The van der Waals surface area contributed by atoms with Gasteiger partial charge in [-0.15, -0.1) is 0 Å². The normalized spacial score (nSPS) is 13.8. The second-order valence-corrected chi connectivity index (χ2v) is 5.49. The third-order valence-electron chi connectivity index (χ3n) is 3.57. The van der Waals surface area contributed by atoms with Crippen LogP contribution in [0.15, 0.2) is 36.4 Å². The molecule has 4 heteroatoms. The van der Waals surface area contributed by atoms with Gasteiger partial charge in [-0.1, -0.05) is 24.3 Å². The van der Waals surface area contributed by atoms with Gasteiger partial charge in [-0.2, -0.15) is 0 Å². The third kappa shape index (κ3) is 4.12. The van der Waals surface area contributed by atoms with E-state index in [0.29, 0.717) is 12.8 Å². The molecule has 4 nitrogen and oxygen atoms in total. The van der Waals surface area contributed by atoms with Gasteiger partial charge in [-0.25, -0.2) is 0 Å². The Morgan fingerprint density at radius 3 is 1.55 bits per heavy atom. The Morgan fingerprint density at radius 1 is 0.773 bits per heavy atom. The van der Waals surface area contributed by atoms with E-state index in [1.54, 1.807) is 0 Å². The van der Waals surface area contributed by atoms with Gasteiger partial charge in [0.05, 0.1) is 12.2 Å². The molecule has 2 aromatic rings. The molecule has 0 aliphatic rings. The molecule has 0 aromatic heterocycles. The van der Waals surface area contributed by atoms with Crippen molar-refractivity contribution in [2.75, 3.05) is 13.2 Å². The summed E-state index contributed by atoms with van der Waals surface area (Å²) in [5.74, 6) is 1.58. The molecule has 0 saturated carbocycles. The monoisotopic (exact) mass is 304 g/mol. The van der Waals surface area contributed by atoms with Crippen LogP contribution < -0.4 is 9.47 Å². The molecule has 0 bridgehead atoms. The first-order valence-corrected chi connectivity index (χ1v) is 7.72. The Hall–Kier alpha value is -1.78. The van der Waals surface area contributed by atoms with Crippen molar-refractivity contribution in [2.24, 2.45) is 0 Å². The first-order chi connectivity index (χ1) is 10.7. The van der Waals surface area contributed by atoms with Crippen molar-refractivity contribution >= 4 is 10.8 Å². The van der Waals surface area contributed by atoms with Gasteiger partial charge in [0.2, 0.25) is 0 Å². The number of benzene rings is 2. The van der Waals surface area contributed by atoms with E-state index in [1.165, 1.54) is 0 Å². The summed E-state index contributed by atoms with van der Waals surface area (Å²) in [6.07, 6.45) is 1.10. The van der Waals surface area contributed by atoms with Crippen LogP contribution in [0.4, 0.5) is 0 Å². The fraction of sp³-hybridized carbons (Fsp3) is 0.444. The van der Waals surface area contributed by atoms with Crippen LogP contribution in [0.5, 0.6) is 11.5 Å². The predicted molar refractivity (Wildman–Crippen MR) is 87.5 cm³/mol.